The first-order valence-electron chi connectivity index (χ1n) is 11.5. The highest BCUT2D eigenvalue weighted by Gasteiger charge is 2.68. The van der Waals surface area contributed by atoms with Crippen LogP contribution in [0.1, 0.15) is 31.7 Å². The number of carbonyl (C=O) groups excluding carboxylic acids is 3. The summed E-state index contributed by atoms with van der Waals surface area (Å²) in [4.78, 5) is 45.3. The Morgan fingerprint density at radius 3 is 2.36 bits per heavy atom. The lowest BCUT2D eigenvalue weighted by Crippen LogP contribution is -2.55. The van der Waals surface area contributed by atoms with Crippen molar-refractivity contribution in [3.63, 3.8) is 0 Å². The van der Waals surface area contributed by atoms with Crippen molar-refractivity contribution in [2.45, 2.75) is 43.7 Å². The van der Waals surface area contributed by atoms with Crippen molar-refractivity contribution < 1.29 is 37.0 Å². The minimum absolute atomic E-state index is 0.0103. The molecule has 3 atom stereocenters. The number of likely N-dealkylation sites (N-methyl/N-ethyl adjacent to an activating group) is 1. The van der Waals surface area contributed by atoms with Crippen molar-refractivity contribution in [2.75, 3.05) is 39.0 Å². The van der Waals surface area contributed by atoms with Crippen LogP contribution in [0.5, 0.6) is 0 Å². The van der Waals surface area contributed by atoms with Crippen LogP contribution in [0, 0.1) is 0 Å². The molecule has 1 fully saturated rings. The highest BCUT2D eigenvalue weighted by Crippen LogP contribution is 2.57. The lowest BCUT2D eigenvalue weighted by Gasteiger charge is -2.39. The number of hydrogen-bond donors (Lipinski definition) is 0. The SMILES string of the molecule is CCCCS(=O)(=O)N1C2=NC(C(=O)OC)=C(C(=O)OC)[C@@H]3N(C)c4ccccc4[C@]23C[C@H]1C(=O)OC. The molecule has 0 amide bonds. The largest absolute Gasteiger partial charge is 0.467 e. The molecule has 1 aromatic carbocycles. The van der Waals surface area contributed by atoms with Crippen LogP contribution >= 0.6 is 0 Å². The predicted octanol–water partition coefficient (Wildman–Crippen LogP) is 1.13. The van der Waals surface area contributed by atoms with Gasteiger partial charge >= 0.3 is 17.9 Å². The second kappa shape index (κ2) is 9.23. The molecule has 3 heterocycles. The molecule has 1 spiro atoms. The van der Waals surface area contributed by atoms with Crippen molar-refractivity contribution in [1.82, 2.24) is 4.31 Å². The maximum Gasteiger partial charge on any atom is 0.357 e. The van der Waals surface area contributed by atoms with E-state index in [4.69, 9.17) is 14.2 Å². The first-order valence-corrected chi connectivity index (χ1v) is 13.1. The first-order chi connectivity index (χ1) is 17.1. The van der Waals surface area contributed by atoms with Crippen LogP contribution in [0.25, 0.3) is 0 Å². The number of hydrogen-bond acceptors (Lipinski definition) is 10. The third kappa shape index (κ3) is 3.49. The van der Waals surface area contributed by atoms with Crippen LogP contribution in [0.3, 0.4) is 0 Å². The van der Waals surface area contributed by atoms with Crippen molar-refractivity contribution in [3.05, 3.63) is 41.1 Å². The van der Waals surface area contributed by atoms with Gasteiger partial charge in [0, 0.05) is 12.7 Å². The van der Waals surface area contributed by atoms with Crippen molar-refractivity contribution in [3.8, 4) is 0 Å². The summed E-state index contributed by atoms with van der Waals surface area (Å²) in [5.41, 5.74) is -0.281. The molecule has 3 aliphatic heterocycles. The van der Waals surface area contributed by atoms with Crippen molar-refractivity contribution in [2.24, 2.45) is 4.99 Å². The molecular formula is C24H29N3O8S. The van der Waals surface area contributed by atoms with E-state index in [1.165, 1.54) is 14.2 Å². The lowest BCUT2D eigenvalue weighted by atomic mass is 9.69. The second-order valence-corrected chi connectivity index (χ2v) is 10.9. The van der Waals surface area contributed by atoms with Gasteiger partial charge in [0.05, 0.1) is 44.1 Å². The molecule has 11 nitrogen and oxygen atoms in total. The van der Waals surface area contributed by atoms with Crippen LogP contribution in [-0.2, 0) is 44.0 Å². The Morgan fingerprint density at radius 2 is 1.75 bits per heavy atom. The number of benzene rings is 1. The highest BCUT2D eigenvalue weighted by molar-refractivity contribution is 7.89. The molecule has 3 aliphatic rings. The molecule has 0 radical (unpaired) electrons. The number of esters is 3. The van der Waals surface area contributed by atoms with Gasteiger partial charge in [-0.1, -0.05) is 31.5 Å². The van der Waals surface area contributed by atoms with Gasteiger partial charge in [0.1, 0.15) is 11.9 Å². The average Bonchev–Trinajstić information content (AvgIpc) is 3.37. The van der Waals surface area contributed by atoms with Crippen LogP contribution in [0.15, 0.2) is 40.5 Å². The molecule has 0 aliphatic carbocycles. The van der Waals surface area contributed by atoms with Gasteiger partial charge in [-0.3, -0.25) is 0 Å². The molecule has 0 aromatic heterocycles. The molecule has 0 bridgehead atoms. The number of para-hydroxylation sites is 1. The summed E-state index contributed by atoms with van der Waals surface area (Å²) in [6.45, 7) is 1.86. The Morgan fingerprint density at radius 1 is 1.08 bits per heavy atom. The number of rotatable bonds is 7. The maximum atomic E-state index is 13.7. The Labute approximate surface area is 209 Å². The topological polar surface area (TPSA) is 132 Å². The summed E-state index contributed by atoms with van der Waals surface area (Å²) in [7, 11) is 1.18. The number of sulfonamides is 1. The minimum atomic E-state index is -4.07. The number of aliphatic imine (C=N–C) groups is 1. The van der Waals surface area contributed by atoms with Crippen LogP contribution in [-0.4, -0.2) is 82.7 Å². The average molecular weight is 520 g/mol. The Balaban J connectivity index is 2.10. The molecular weight excluding hydrogens is 490 g/mol. The fraction of sp³-hybridized carbons (Fsp3) is 0.500. The van der Waals surface area contributed by atoms with Gasteiger partial charge in [-0.25, -0.2) is 32.1 Å². The van der Waals surface area contributed by atoms with E-state index < -0.39 is 45.4 Å². The number of unbranched alkanes of at least 4 members (excludes halogenated alkanes) is 1. The summed E-state index contributed by atoms with van der Waals surface area (Å²) in [6, 6.07) is 5.12. The van der Waals surface area contributed by atoms with E-state index in [0.717, 1.165) is 11.4 Å². The Hall–Kier alpha value is -3.41. The first kappa shape index (κ1) is 25.7. The van der Waals surface area contributed by atoms with Crippen molar-refractivity contribution >= 4 is 39.5 Å². The zero-order chi connectivity index (χ0) is 26.4. The lowest BCUT2D eigenvalue weighted by molar-refractivity contribution is -0.144. The summed E-state index contributed by atoms with van der Waals surface area (Å²) in [5, 5.41) is 0. The fourth-order valence-electron chi connectivity index (χ4n) is 5.58. The van der Waals surface area contributed by atoms with Gasteiger partial charge in [-0.05, 0) is 24.5 Å². The molecule has 1 aromatic rings. The predicted molar refractivity (Wildman–Crippen MR) is 130 cm³/mol. The molecule has 1 saturated heterocycles. The number of anilines is 1. The van der Waals surface area contributed by atoms with E-state index in [1.807, 2.05) is 25.1 Å². The van der Waals surface area contributed by atoms with E-state index in [0.29, 0.717) is 24.1 Å². The summed E-state index contributed by atoms with van der Waals surface area (Å²) in [5.74, 6) is -2.72. The molecule has 36 heavy (non-hydrogen) atoms. The van der Waals surface area contributed by atoms with E-state index in [9.17, 15) is 22.8 Å². The number of nitrogens with zero attached hydrogens (tertiary/aromatic N) is 3. The maximum absolute atomic E-state index is 13.7. The van der Waals surface area contributed by atoms with Crippen LogP contribution in [0.2, 0.25) is 0 Å². The second-order valence-electron chi connectivity index (χ2n) is 8.89. The number of methoxy groups -OCH3 is 3. The highest BCUT2D eigenvalue weighted by atomic mass is 32.2. The Kier molecular flexibility index (Phi) is 6.58. The number of fused-ring (bicyclic) bond motifs is 1. The number of amidine groups is 1. The molecule has 4 rings (SSSR count). The normalized spacial score (nSPS) is 24.5. The molecule has 0 saturated carbocycles. The van der Waals surface area contributed by atoms with E-state index in [1.54, 1.807) is 18.0 Å². The van der Waals surface area contributed by atoms with Gasteiger partial charge in [-0.2, -0.15) is 0 Å². The van der Waals surface area contributed by atoms with E-state index in [2.05, 4.69) is 4.99 Å². The molecule has 0 N–H and O–H groups in total. The molecule has 0 unspecified atom stereocenters. The number of ether oxygens (including phenoxy) is 3. The van der Waals surface area contributed by atoms with Crippen LogP contribution in [0.4, 0.5) is 5.69 Å². The standard InChI is InChI=1S/C24H29N3O8S/c1-6-7-12-36(31,32)27-16(20(28)33-3)13-24-14-10-8-9-11-15(14)26(2)19(24)17(21(29)34-4)18(22(30)35-5)25-23(24)27/h8-11,16,19H,6-7,12-13H2,1-5H3/t16-,19-,24-/m0/s1. The van der Waals surface area contributed by atoms with Gasteiger partial charge < -0.3 is 19.1 Å². The summed E-state index contributed by atoms with van der Waals surface area (Å²) >= 11 is 0. The quantitative estimate of drug-likeness (QED) is 0.384. The third-order valence-corrected chi connectivity index (χ3v) is 8.92. The fourth-order valence-corrected chi connectivity index (χ4v) is 7.45. The van der Waals surface area contributed by atoms with Crippen LogP contribution < -0.4 is 4.90 Å². The zero-order valence-corrected chi connectivity index (χ0v) is 21.6. The smallest absolute Gasteiger partial charge is 0.357 e. The number of carbonyl (C=O) groups is 3. The van der Waals surface area contributed by atoms with Gasteiger partial charge in [0.15, 0.2) is 5.70 Å². The Bertz CT molecular complexity index is 1290. The third-order valence-electron chi connectivity index (χ3n) is 7.08. The van der Waals surface area contributed by atoms with E-state index in [-0.39, 0.29) is 29.3 Å². The summed E-state index contributed by atoms with van der Waals surface area (Å²) in [6.07, 6.45) is 0.937. The van der Waals surface area contributed by atoms with E-state index >= 15 is 0 Å². The zero-order valence-electron chi connectivity index (χ0n) is 20.8. The summed E-state index contributed by atoms with van der Waals surface area (Å²) < 4.78 is 43.3. The molecule has 194 valence electrons. The molecule has 12 heteroatoms. The minimum Gasteiger partial charge on any atom is -0.467 e. The van der Waals surface area contributed by atoms with Gasteiger partial charge in [0.2, 0.25) is 10.0 Å². The van der Waals surface area contributed by atoms with Gasteiger partial charge in [0.25, 0.3) is 0 Å². The monoisotopic (exact) mass is 519 g/mol. The van der Waals surface area contributed by atoms with Crippen molar-refractivity contribution in [1.29, 1.82) is 0 Å². The van der Waals surface area contributed by atoms with Gasteiger partial charge in [-0.15, -0.1) is 0 Å².